The van der Waals surface area contributed by atoms with E-state index in [0.717, 1.165) is 6.07 Å². The number of carbonyl (C=O) groups excluding carboxylic acids is 1. The summed E-state index contributed by atoms with van der Waals surface area (Å²) in [5.41, 5.74) is 5.48. The number of nitrogens with two attached hydrogens (primary N) is 1. The average molecular weight is 257 g/mol. The third-order valence-corrected chi connectivity index (χ3v) is 2.19. The van der Waals surface area contributed by atoms with Crippen LogP contribution in [0.2, 0.25) is 0 Å². The van der Waals surface area contributed by atoms with Crippen molar-refractivity contribution in [2.45, 2.75) is 0 Å². The Morgan fingerprint density at radius 2 is 2.29 bits per heavy atom. The van der Waals surface area contributed by atoms with E-state index in [4.69, 9.17) is 11.0 Å². The van der Waals surface area contributed by atoms with Crippen molar-refractivity contribution in [3.05, 3.63) is 29.1 Å². The van der Waals surface area contributed by atoms with E-state index in [1.807, 2.05) is 0 Å². The predicted molar refractivity (Wildman–Crippen MR) is 53.7 cm³/mol. The van der Waals surface area contributed by atoms with E-state index in [1.54, 1.807) is 6.07 Å². The zero-order valence-electron chi connectivity index (χ0n) is 7.05. The molecule has 1 rings (SSSR count). The highest BCUT2D eigenvalue weighted by Gasteiger charge is 2.13. The Labute approximate surface area is 88.5 Å². The number of rotatable bonds is 2. The van der Waals surface area contributed by atoms with Crippen LogP contribution in [0.25, 0.3) is 0 Å². The third-order valence-electron chi connectivity index (χ3n) is 1.68. The summed E-state index contributed by atoms with van der Waals surface area (Å²) in [4.78, 5) is 11.2. The summed E-state index contributed by atoms with van der Waals surface area (Å²) in [6.07, 6.45) is 0. The van der Waals surface area contributed by atoms with Crippen molar-refractivity contribution < 1.29 is 9.18 Å². The molecular formula is C9H6BrFN2O. The molecule has 0 aliphatic carbocycles. The molecule has 2 N–H and O–H groups in total. The first-order valence-corrected chi connectivity index (χ1v) is 4.80. The quantitative estimate of drug-likeness (QED) is 0.499. The van der Waals surface area contributed by atoms with Crippen LogP contribution in [0.15, 0.2) is 12.1 Å². The minimum Gasteiger partial charge on any atom is -0.398 e. The number of carbonyl (C=O) groups is 1. The normalized spacial score (nSPS) is 9.50. The average Bonchev–Trinajstić information content (AvgIpc) is 2.19. The molecule has 0 heterocycles. The van der Waals surface area contributed by atoms with Crippen LogP contribution in [-0.2, 0) is 0 Å². The van der Waals surface area contributed by atoms with Gasteiger partial charge in [-0.1, -0.05) is 15.9 Å². The van der Waals surface area contributed by atoms with E-state index >= 15 is 0 Å². The van der Waals surface area contributed by atoms with Crippen molar-refractivity contribution in [3.8, 4) is 6.07 Å². The van der Waals surface area contributed by atoms with E-state index in [1.165, 1.54) is 6.07 Å². The first-order valence-electron chi connectivity index (χ1n) is 3.68. The fraction of sp³-hybridized carbons (Fsp3) is 0.111. The van der Waals surface area contributed by atoms with Gasteiger partial charge < -0.3 is 5.73 Å². The maximum Gasteiger partial charge on any atom is 0.176 e. The molecule has 3 nitrogen and oxygen atoms in total. The summed E-state index contributed by atoms with van der Waals surface area (Å²) in [6.45, 7) is 0. The molecule has 0 spiro atoms. The molecule has 0 amide bonds. The first-order chi connectivity index (χ1) is 6.60. The summed E-state index contributed by atoms with van der Waals surface area (Å²) in [6, 6.07) is 3.87. The van der Waals surface area contributed by atoms with Gasteiger partial charge in [-0.25, -0.2) is 4.39 Å². The summed E-state index contributed by atoms with van der Waals surface area (Å²) < 4.78 is 13.2. The maximum absolute atomic E-state index is 13.2. The number of hydrogen-bond acceptors (Lipinski definition) is 3. The molecule has 5 heteroatoms. The van der Waals surface area contributed by atoms with Crippen LogP contribution in [0, 0.1) is 17.1 Å². The molecule has 0 saturated heterocycles. The van der Waals surface area contributed by atoms with Gasteiger partial charge in [0, 0.05) is 0 Å². The van der Waals surface area contributed by atoms with Crippen LogP contribution in [0.3, 0.4) is 0 Å². The molecule has 0 saturated carbocycles. The Morgan fingerprint density at radius 3 is 2.79 bits per heavy atom. The summed E-state index contributed by atoms with van der Waals surface area (Å²) in [7, 11) is 0. The fourth-order valence-corrected chi connectivity index (χ4v) is 1.27. The zero-order chi connectivity index (χ0) is 10.7. The number of Topliss-reactive ketones (excluding diaryl/α,β-unsaturated/α-hetero) is 1. The number of nitriles is 1. The zero-order valence-corrected chi connectivity index (χ0v) is 8.64. The molecule has 1 aromatic carbocycles. The van der Waals surface area contributed by atoms with Crippen molar-refractivity contribution in [2.75, 3.05) is 11.1 Å². The van der Waals surface area contributed by atoms with Crippen LogP contribution < -0.4 is 5.73 Å². The second-order valence-corrected chi connectivity index (χ2v) is 3.15. The Morgan fingerprint density at radius 1 is 1.64 bits per heavy atom. The lowest BCUT2D eigenvalue weighted by atomic mass is 10.1. The first kappa shape index (κ1) is 10.7. The van der Waals surface area contributed by atoms with Crippen LogP contribution in [0.1, 0.15) is 15.9 Å². The lowest BCUT2D eigenvalue weighted by Gasteiger charge is -2.02. The molecule has 0 aliphatic heterocycles. The van der Waals surface area contributed by atoms with Crippen molar-refractivity contribution >= 4 is 27.4 Å². The Hall–Kier alpha value is -1.41. The Balaban J connectivity index is 3.30. The monoisotopic (exact) mass is 256 g/mol. The number of anilines is 1. The third kappa shape index (κ3) is 1.91. The van der Waals surface area contributed by atoms with E-state index < -0.39 is 11.6 Å². The van der Waals surface area contributed by atoms with Gasteiger partial charge in [0.05, 0.1) is 22.1 Å². The molecule has 0 aromatic heterocycles. The molecule has 14 heavy (non-hydrogen) atoms. The lowest BCUT2D eigenvalue weighted by Crippen LogP contribution is -2.05. The second kappa shape index (κ2) is 4.20. The fourth-order valence-electron chi connectivity index (χ4n) is 0.972. The van der Waals surface area contributed by atoms with Gasteiger partial charge in [0.2, 0.25) is 0 Å². The van der Waals surface area contributed by atoms with Gasteiger partial charge in [-0.15, -0.1) is 0 Å². The van der Waals surface area contributed by atoms with E-state index in [2.05, 4.69) is 15.9 Å². The van der Waals surface area contributed by atoms with Crippen LogP contribution in [0.5, 0.6) is 0 Å². The molecule has 0 bridgehead atoms. The lowest BCUT2D eigenvalue weighted by molar-refractivity contribution is 0.102. The molecule has 72 valence electrons. The molecule has 0 aliphatic rings. The summed E-state index contributed by atoms with van der Waals surface area (Å²) in [5, 5.41) is 8.56. The number of benzene rings is 1. The Kier molecular flexibility index (Phi) is 3.20. The number of alkyl halides is 1. The van der Waals surface area contributed by atoms with Crippen LogP contribution >= 0.6 is 15.9 Å². The highest BCUT2D eigenvalue weighted by Crippen LogP contribution is 2.18. The molecule has 0 radical (unpaired) electrons. The van der Waals surface area contributed by atoms with E-state index in [0.29, 0.717) is 0 Å². The second-order valence-electron chi connectivity index (χ2n) is 2.59. The van der Waals surface area contributed by atoms with Gasteiger partial charge in [-0.2, -0.15) is 5.26 Å². The molecule has 0 fully saturated rings. The molecule has 0 unspecified atom stereocenters. The van der Waals surface area contributed by atoms with Crippen molar-refractivity contribution in [1.82, 2.24) is 0 Å². The number of ketones is 1. The Bertz CT molecular complexity index is 426. The molecule has 1 aromatic rings. The predicted octanol–water partition coefficient (Wildman–Crippen LogP) is 1.86. The summed E-state index contributed by atoms with van der Waals surface area (Å²) in [5.74, 6) is -1.13. The smallest absolute Gasteiger partial charge is 0.176 e. The van der Waals surface area contributed by atoms with Gasteiger partial charge >= 0.3 is 0 Å². The maximum atomic E-state index is 13.2. The van der Waals surface area contributed by atoms with E-state index in [9.17, 15) is 9.18 Å². The van der Waals surface area contributed by atoms with Crippen molar-refractivity contribution in [2.24, 2.45) is 0 Å². The van der Waals surface area contributed by atoms with Crippen LogP contribution in [0.4, 0.5) is 10.1 Å². The largest absolute Gasteiger partial charge is 0.398 e. The van der Waals surface area contributed by atoms with Gasteiger partial charge in [0.15, 0.2) is 5.78 Å². The van der Waals surface area contributed by atoms with Gasteiger partial charge in [0.1, 0.15) is 11.9 Å². The minimum absolute atomic E-state index is 0.0231. The van der Waals surface area contributed by atoms with Crippen LogP contribution in [-0.4, -0.2) is 11.1 Å². The highest BCUT2D eigenvalue weighted by molar-refractivity contribution is 9.09. The molecular weight excluding hydrogens is 251 g/mol. The van der Waals surface area contributed by atoms with Crippen molar-refractivity contribution in [3.63, 3.8) is 0 Å². The summed E-state index contributed by atoms with van der Waals surface area (Å²) >= 11 is 2.92. The number of halogens is 2. The standard InChI is InChI=1S/C9H6BrFN2O/c10-3-9(14)6-2-8(13)5(4-12)1-7(6)11/h1-2H,3,13H2. The SMILES string of the molecule is N#Cc1cc(F)c(C(=O)CBr)cc1N. The van der Waals surface area contributed by atoms with Gasteiger partial charge in [0.25, 0.3) is 0 Å². The topological polar surface area (TPSA) is 66.9 Å². The number of nitrogen functional groups attached to an aromatic ring is 1. The number of nitrogens with zero attached hydrogens (tertiary/aromatic N) is 1. The van der Waals surface area contributed by atoms with E-state index in [-0.39, 0.29) is 22.1 Å². The van der Waals surface area contributed by atoms with Gasteiger partial charge in [-0.3, -0.25) is 4.79 Å². The van der Waals surface area contributed by atoms with Gasteiger partial charge in [-0.05, 0) is 12.1 Å². The van der Waals surface area contributed by atoms with Crippen molar-refractivity contribution in [1.29, 1.82) is 5.26 Å². The molecule has 0 atom stereocenters. The number of hydrogen-bond donors (Lipinski definition) is 1. The minimum atomic E-state index is -0.722. The highest BCUT2D eigenvalue weighted by atomic mass is 79.9.